The van der Waals surface area contributed by atoms with Crippen molar-refractivity contribution >= 4 is 64.2 Å². The molecular formula is C30H38Cl2N8O4. The van der Waals surface area contributed by atoms with Gasteiger partial charge >= 0.3 is 6.03 Å². The molecule has 1 saturated heterocycles. The highest BCUT2D eigenvalue weighted by Gasteiger charge is 2.25. The molecule has 2 aromatic rings. The quantitative estimate of drug-likeness (QED) is 0.265. The molecule has 0 aliphatic carbocycles. The van der Waals surface area contributed by atoms with Crippen molar-refractivity contribution in [3.05, 3.63) is 58.9 Å². The van der Waals surface area contributed by atoms with Crippen LogP contribution < -0.4 is 35.6 Å². The molecule has 4 N–H and O–H groups in total. The zero-order chi connectivity index (χ0) is 32.0. The Balaban J connectivity index is 1.51. The van der Waals surface area contributed by atoms with Gasteiger partial charge in [0.25, 0.3) is 0 Å². The van der Waals surface area contributed by atoms with Gasteiger partial charge in [-0.3, -0.25) is 4.79 Å². The molecule has 2 aromatic carbocycles. The largest absolute Gasteiger partial charge is 0.495 e. The third kappa shape index (κ3) is 7.50. The predicted molar refractivity (Wildman–Crippen MR) is 178 cm³/mol. The van der Waals surface area contributed by atoms with Crippen LogP contribution in [0.5, 0.6) is 11.5 Å². The summed E-state index contributed by atoms with van der Waals surface area (Å²) in [5.74, 6) is 0.808. The van der Waals surface area contributed by atoms with Gasteiger partial charge < -0.3 is 45.4 Å². The summed E-state index contributed by atoms with van der Waals surface area (Å²) in [4.78, 5) is 35.9. The van der Waals surface area contributed by atoms with E-state index in [1.54, 1.807) is 13.1 Å². The van der Waals surface area contributed by atoms with Crippen LogP contribution in [-0.2, 0) is 4.79 Å². The van der Waals surface area contributed by atoms with Crippen LogP contribution in [0.15, 0.2) is 53.8 Å². The summed E-state index contributed by atoms with van der Waals surface area (Å²) in [7, 11) is 8.71. The van der Waals surface area contributed by atoms with E-state index < -0.39 is 12.2 Å². The number of hydrogen-bond acceptors (Lipinski definition) is 9. The number of hydrogen-bond donors (Lipinski definition) is 4. The maximum atomic E-state index is 13.2. The highest BCUT2D eigenvalue weighted by molar-refractivity contribution is 6.41. The normalized spacial score (nSPS) is 16.5. The molecule has 44 heavy (non-hydrogen) atoms. The Labute approximate surface area is 267 Å². The number of carbonyl (C=O) groups is 2. The summed E-state index contributed by atoms with van der Waals surface area (Å²) in [5, 5.41) is 12.2. The number of methoxy groups -OCH3 is 2. The van der Waals surface area contributed by atoms with E-state index in [-0.39, 0.29) is 21.6 Å². The van der Waals surface area contributed by atoms with Crippen molar-refractivity contribution in [2.75, 3.05) is 69.3 Å². The van der Waals surface area contributed by atoms with Gasteiger partial charge in [0.1, 0.15) is 33.5 Å². The Morgan fingerprint density at radius 3 is 2.30 bits per heavy atom. The Hall–Kier alpha value is -4.13. The summed E-state index contributed by atoms with van der Waals surface area (Å²) in [6.07, 6.45) is 5.87. The van der Waals surface area contributed by atoms with Gasteiger partial charge in [0.2, 0.25) is 5.91 Å². The van der Waals surface area contributed by atoms with Gasteiger partial charge in [-0.25, -0.2) is 9.79 Å². The number of benzene rings is 2. The third-order valence-corrected chi connectivity index (χ3v) is 8.31. The van der Waals surface area contributed by atoms with E-state index in [4.69, 9.17) is 32.7 Å². The average Bonchev–Trinajstić information content (AvgIpc) is 3.03. The number of piperidine rings is 1. The number of nitrogens with zero attached hydrogens (tertiary/aromatic N) is 4. The molecule has 2 heterocycles. The lowest BCUT2D eigenvalue weighted by atomic mass is 10.0. The lowest BCUT2D eigenvalue weighted by Crippen LogP contribution is -2.42. The zero-order valence-corrected chi connectivity index (χ0v) is 26.9. The molecule has 12 nitrogen and oxygen atoms in total. The monoisotopic (exact) mass is 644 g/mol. The first kappa shape index (κ1) is 32.8. The van der Waals surface area contributed by atoms with Crippen molar-refractivity contribution in [2.24, 2.45) is 4.99 Å². The van der Waals surface area contributed by atoms with Crippen molar-refractivity contribution in [2.45, 2.75) is 25.0 Å². The summed E-state index contributed by atoms with van der Waals surface area (Å²) in [5.41, 5.74) is 2.40. The van der Waals surface area contributed by atoms with Crippen LogP contribution in [-0.4, -0.2) is 88.7 Å². The topological polar surface area (TPSA) is 123 Å². The van der Waals surface area contributed by atoms with E-state index in [1.807, 2.05) is 18.2 Å². The molecule has 4 rings (SSSR count). The molecule has 2 aliphatic heterocycles. The maximum absolute atomic E-state index is 13.2. The Bertz CT molecular complexity index is 1430. The molecule has 0 bridgehead atoms. The fourth-order valence-electron chi connectivity index (χ4n) is 4.93. The van der Waals surface area contributed by atoms with E-state index >= 15 is 0 Å². The molecule has 0 aromatic heterocycles. The van der Waals surface area contributed by atoms with Crippen LogP contribution >= 0.6 is 23.2 Å². The zero-order valence-electron chi connectivity index (χ0n) is 25.4. The first-order valence-corrected chi connectivity index (χ1v) is 14.7. The van der Waals surface area contributed by atoms with Gasteiger partial charge in [-0.05, 0) is 51.2 Å². The fourth-order valence-corrected chi connectivity index (χ4v) is 5.53. The van der Waals surface area contributed by atoms with Crippen molar-refractivity contribution in [3.63, 3.8) is 0 Å². The Morgan fingerprint density at radius 2 is 1.70 bits per heavy atom. The minimum Gasteiger partial charge on any atom is -0.495 e. The van der Waals surface area contributed by atoms with Crippen molar-refractivity contribution < 1.29 is 19.1 Å². The molecule has 3 amide bonds. The highest BCUT2D eigenvalue weighted by atomic mass is 35.5. The lowest BCUT2D eigenvalue weighted by Gasteiger charge is -2.36. The van der Waals surface area contributed by atoms with Crippen LogP contribution in [0, 0.1) is 0 Å². The summed E-state index contributed by atoms with van der Waals surface area (Å²) in [6.45, 7) is 5.42. The molecule has 0 saturated carbocycles. The van der Waals surface area contributed by atoms with Crippen LogP contribution in [0.4, 0.5) is 27.5 Å². The number of amides is 3. The SMILES string of the molecule is C=CC(=O)Nc1cc(N2CCC(N(C)C)CC2)ccc1NC1=CC(N(C)C(=O)Nc2c(Cl)c(OC)cc(OC)c2Cl)N=CN1. The number of likely N-dealkylation sites (N-methyl/N-ethyl adjacent to an activating group) is 1. The number of halogens is 2. The van der Waals surface area contributed by atoms with Crippen LogP contribution in [0.3, 0.4) is 0 Å². The molecular weight excluding hydrogens is 607 g/mol. The minimum atomic E-state index is -0.688. The smallest absolute Gasteiger partial charge is 0.323 e. The predicted octanol–water partition coefficient (Wildman–Crippen LogP) is 5.04. The highest BCUT2D eigenvalue weighted by Crippen LogP contribution is 2.44. The molecule has 2 aliphatic rings. The first-order valence-electron chi connectivity index (χ1n) is 14.0. The lowest BCUT2D eigenvalue weighted by molar-refractivity contribution is -0.111. The van der Waals surface area contributed by atoms with Gasteiger partial charge in [-0.1, -0.05) is 29.8 Å². The van der Waals surface area contributed by atoms with Gasteiger partial charge in [0.05, 0.1) is 37.6 Å². The average molecular weight is 646 g/mol. The Kier molecular flexibility index (Phi) is 10.8. The van der Waals surface area contributed by atoms with Crippen LogP contribution in [0.2, 0.25) is 10.0 Å². The van der Waals surface area contributed by atoms with Crippen molar-refractivity contribution in [1.82, 2.24) is 15.1 Å². The molecule has 14 heteroatoms. The van der Waals surface area contributed by atoms with Gasteiger partial charge in [-0.15, -0.1) is 0 Å². The van der Waals surface area contributed by atoms with E-state index in [0.717, 1.165) is 31.6 Å². The van der Waals surface area contributed by atoms with Gasteiger partial charge in [0.15, 0.2) is 0 Å². The number of ether oxygens (including phenoxy) is 2. The second kappa shape index (κ2) is 14.6. The number of carbonyl (C=O) groups excluding carboxylic acids is 2. The third-order valence-electron chi connectivity index (χ3n) is 7.56. The van der Waals surface area contributed by atoms with Crippen LogP contribution in [0.1, 0.15) is 12.8 Å². The summed E-state index contributed by atoms with van der Waals surface area (Å²) in [6, 6.07) is 7.44. The van der Waals surface area contributed by atoms with Crippen molar-refractivity contribution in [3.8, 4) is 11.5 Å². The first-order chi connectivity index (χ1) is 21.1. The number of nitrogens with one attached hydrogen (secondary N) is 4. The Morgan fingerprint density at radius 1 is 1.05 bits per heavy atom. The van der Waals surface area contributed by atoms with Crippen molar-refractivity contribution in [1.29, 1.82) is 0 Å². The summed E-state index contributed by atoms with van der Waals surface area (Å²) < 4.78 is 10.6. The van der Waals surface area contributed by atoms with Gasteiger partial charge in [0, 0.05) is 44.0 Å². The van der Waals surface area contributed by atoms with E-state index in [0.29, 0.717) is 34.7 Å². The number of rotatable bonds is 10. The van der Waals surface area contributed by atoms with E-state index in [1.165, 1.54) is 37.6 Å². The molecule has 1 atom stereocenters. The number of urea groups is 1. The number of aliphatic imine (C=N–C) groups is 1. The maximum Gasteiger partial charge on any atom is 0.323 e. The molecule has 0 spiro atoms. The minimum absolute atomic E-state index is 0.131. The molecule has 1 fully saturated rings. The molecule has 0 radical (unpaired) electrons. The second-order valence-corrected chi connectivity index (χ2v) is 11.2. The van der Waals surface area contributed by atoms with Gasteiger partial charge in [-0.2, -0.15) is 0 Å². The van der Waals surface area contributed by atoms with E-state index in [2.05, 4.69) is 56.7 Å². The molecule has 236 valence electrons. The fraction of sp³-hybridized carbons (Fsp3) is 0.367. The van der Waals surface area contributed by atoms with Crippen LogP contribution in [0.25, 0.3) is 0 Å². The standard InChI is InChI=1S/C30H38Cl2N8O4/c1-7-26(41)36-21-14-19(40-12-10-18(11-13-40)38(2)3)8-9-20(21)35-24-16-25(34-17-33-24)39(4)30(42)37-29-27(31)22(43-5)15-23(44-6)28(29)32/h7-9,14-18,25,35H,1,10-13H2,2-6H3,(H,33,34)(H,36,41)(H,37,42). The molecule has 1 unspecified atom stereocenters. The summed E-state index contributed by atoms with van der Waals surface area (Å²) >= 11 is 12.9. The second-order valence-electron chi connectivity index (χ2n) is 10.5. The number of anilines is 4. The van der Waals surface area contributed by atoms with E-state index in [9.17, 15) is 9.59 Å².